The van der Waals surface area contributed by atoms with Crippen molar-refractivity contribution >= 4 is 11.9 Å². The van der Waals surface area contributed by atoms with Gasteiger partial charge < -0.3 is 9.47 Å². The minimum atomic E-state index is -0.212. The Kier molecular flexibility index (Phi) is 7.26. The molecule has 4 nitrogen and oxygen atoms in total. The molecule has 0 radical (unpaired) electrons. The minimum Gasteiger partial charge on any atom is -0.462 e. The van der Waals surface area contributed by atoms with E-state index in [9.17, 15) is 9.59 Å². The number of cyclic esters (lactones) is 1. The van der Waals surface area contributed by atoms with E-state index in [4.69, 9.17) is 9.47 Å². The number of hydrogen-bond donors (Lipinski definition) is 0. The van der Waals surface area contributed by atoms with Gasteiger partial charge in [-0.1, -0.05) is 42.5 Å². The lowest BCUT2D eigenvalue weighted by Crippen LogP contribution is -2.41. The highest BCUT2D eigenvalue weighted by molar-refractivity contribution is 5.74. The molecule has 10 unspecified atom stereocenters. The zero-order valence-corrected chi connectivity index (χ0v) is 16.6. The van der Waals surface area contributed by atoms with Crippen molar-refractivity contribution in [2.45, 2.75) is 80.8 Å². The predicted octanol–water partition coefficient (Wildman–Crippen LogP) is 5.34. The van der Waals surface area contributed by atoms with Crippen molar-refractivity contribution in [2.24, 2.45) is 53.3 Å². The topological polar surface area (TPSA) is 52.6 Å². The van der Waals surface area contributed by atoms with Gasteiger partial charge in [0.05, 0.1) is 5.92 Å². The molecular formula is C24H42O4. The maximum Gasteiger partial charge on any atom is 0.309 e. The van der Waals surface area contributed by atoms with Gasteiger partial charge in [0, 0.05) is 6.42 Å². The second-order valence-corrected chi connectivity index (χ2v) is 9.22. The molecule has 10 atom stereocenters. The molecule has 1 heterocycles. The molecule has 0 spiro atoms. The van der Waals surface area contributed by atoms with E-state index in [-0.39, 0.29) is 45.4 Å². The Morgan fingerprint density at radius 2 is 1.64 bits per heavy atom. The summed E-state index contributed by atoms with van der Waals surface area (Å²) in [6.45, 7) is 9.14. The van der Waals surface area contributed by atoms with Gasteiger partial charge in [-0.25, -0.2) is 0 Å². The monoisotopic (exact) mass is 394 g/mol. The number of ether oxygens (including phenoxy) is 2. The van der Waals surface area contributed by atoms with Crippen LogP contribution in [0.3, 0.4) is 0 Å². The van der Waals surface area contributed by atoms with Crippen molar-refractivity contribution in [1.82, 2.24) is 0 Å². The van der Waals surface area contributed by atoms with E-state index in [1.807, 2.05) is 13.8 Å². The van der Waals surface area contributed by atoms with Gasteiger partial charge in [0.25, 0.3) is 0 Å². The first kappa shape index (κ1) is 23.2. The Bertz CT molecular complexity index is 573. The van der Waals surface area contributed by atoms with Crippen LogP contribution in [0.1, 0.15) is 74.7 Å². The first-order valence-corrected chi connectivity index (χ1v) is 10.9. The summed E-state index contributed by atoms with van der Waals surface area (Å²) in [4.78, 5) is 23.8. The van der Waals surface area contributed by atoms with E-state index in [0.29, 0.717) is 18.8 Å². The average Bonchev–Trinajstić information content (AvgIpc) is 3.42. The molecule has 4 heteroatoms. The quantitative estimate of drug-likeness (QED) is 0.479. The first-order chi connectivity index (χ1) is 12.5. The van der Waals surface area contributed by atoms with Crippen molar-refractivity contribution in [3.63, 3.8) is 0 Å². The second-order valence-electron chi connectivity index (χ2n) is 9.22. The van der Waals surface area contributed by atoms with Crippen LogP contribution in [0.4, 0.5) is 0 Å². The number of hydrogen-bond acceptors (Lipinski definition) is 4. The third kappa shape index (κ3) is 3.39. The fourth-order valence-electron chi connectivity index (χ4n) is 7.48. The molecule has 4 saturated carbocycles. The van der Waals surface area contributed by atoms with Gasteiger partial charge in [0.2, 0.25) is 0 Å². The largest absolute Gasteiger partial charge is 0.462 e. The molecule has 0 amide bonds. The number of rotatable bonds is 3. The van der Waals surface area contributed by atoms with Crippen LogP contribution >= 0.6 is 0 Å². The number of carbonyl (C=O) groups excluding carboxylic acids is 2. The number of esters is 2. The van der Waals surface area contributed by atoms with Gasteiger partial charge in [-0.2, -0.15) is 0 Å². The van der Waals surface area contributed by atoms with Gasteiger partial charge in [0.15, 0.2) is 0 Å². The molecule has 0 N–H and O–H groups in total. The molecule has 5 rings (SSSR count). The zero-order valence-electron chi connectivity index (χ0n) is 16.6. The summed E-state index contributed by atoms with van der Waals surface area (Å²) in [5.41, 5.74) is 0. The predicted molar refractivity (Wildman–Crippen MR) is 111 cm³/mol. The summed E-state index contributed by atoms with van der Waals surface area (Å²) in [5, 5.41) is 0. The van der Waals surface area contributed by atoms with Gasteiger partial charge in [0.1, 0.15) is 12.7 Å². The molecular weight excluding hydrogens is 352 g/mol. The van der Waals surface area contributed by atoms with Crippen LogP contribution in [0, 0.1) is 53.3 Å². The summed E-state index contributed by atoms with van der Waals surface area (Å²) < 4.78 is 10.7. The minimum absolute atomic E-state index is 0. The summed E-state index contributed by atoms with van der Waals surface area (Å²) >= 11 is 0. The Hall–Kier alpha value is -1.06. The lowest BCUT2D eigenvalue weighted by atomic mass is 9.62. The average molecular weight is 395 g/mol. The molecule has 5 aliphatic rings. The summed E-state index contributed by atoms with van der Waals surface area (Å²) in [5.74, 6) is 6.37. The normalized spacial score (nSPS) is 46.6. The lowest BCUT2D eigenvalue weighted by molar-refractivity contribution is -0.159. The fourth-order valence-corrected chi connectivity index (χ4v) is 7.48. The van der Waals surface area contributed by atoms with Crippen LogP contribution in [0.2, 0.25) is 0 Å². The Morgan fingerprint density at radius 1 is 1.00 bits per heavy atom. The molecule has 162 valence electrons. The molecule has 5 fully saturated rings. The highest BCUT2D eigenvalue weighted by Crippen LogP contribution is 2.71. The van der Waals surface area contributed by atoms with E-state index >= 15 is 0 Å². The summed E-state index contributed by atoms with van der Waals surface area (Å²) in [6, 6.07) is 0. The maximum atomic E-state index is 12.7. The van der Waals surface area contributed by atoms with Crippen LogP contribution in [0.25, 0.3) is 0 Å². The van der Waals surface area contributed by atoms with Crippen LogP contribution in [-0.4, -0.2) is 24.6 Å². The Balaban J connectivity index is 0.000000680. The third-order valence-corrected chi connectivity index (χ3v) is 8.53. The van der Waals surface area contributed by atoms with Gasteiger partial charge in [-0.3, -0.25) is 9.59 Å². The second kappa shape index (κ2) is 8.75. The van der Waals surface area contributed by atoms with Crippen LogP contribution in [0.15, 0.2) is 0 Å². The SMILES string of the molecule is C.C.CC.CC1C(C)C2CC1C1C3CC(C(=O)OCC4CCC(=O)O4)C(C3)C21. The first-order valence-electron chi connectivity index (χ1n) is 10.9. The van der Waals surface area contributed by atoms with Crippen LogP contribution < -0.4 is 0 Å². The van der Waals surface area contributed by atoms with E-state index in [1.54, 1.807) is 0 Å². The van der Waals surface area contributed by atoms with E-state index in [1.165, 1.54) is 12.8 Å². The number of carbonyl (C=O) groups is 2. The molecule has 28 heavy (non-hydrogen) atoms. The number of fused-ring (bicyclic) bond motifs is 9. The van der Waals surface area contributed by atoms with Crippen LogP contribution in [-0.2, 0) is 19.1 Å². The van der Waals surface area contributed by atoms with E-state index in [0.717, 1.165) is 47.8 Å². The Labute approximate surface area is 172 Å². The fraction of sp³-hybridized carbons (Fsp3) is 0.917. The smallest absolute Gasteiger partial charge is 0.309 e. The van der Waals surface area contributed by atoms with Crippen molar-refractivity contribution in [3.05, 3.63) is 0 Å². The van der Waals surface area contributed by atoms with Crippen molar-refractivity contribution in [3.8, 4) is 0 Å². The molecule has 1 saturated heterocycles. The molecule has 4 aliphatic carbocycles. The van der Waals surface area contributed by atoms with Gasteiger partial charge >= 0.3 is 11.9 Å². The Morgan fingerprint density at radius 3 is 2.25 bits per heavy atom. The molecule has 0 aromatic carbocycles. The maximum absolute atomic E-state index is 12.7. The molecule has 1 aliphatic heterocycles. The highest BCUT2D eigenvalue weighted by atomic mass is 16.6. The zero-order chi connectivity index (χ0) is 18.6. The molecule has 0 aromatic heterocycles. The summed E-state index contributed by atoms with van der Waals surface area (Å²) in [6.07, 6.45) is 4.63. The lowest BCUT2D eigenvalue weighted by Gasteiger charge is -2.43. The van der Waals surface area contributed by atoms with Crippen molar-refractivity contribution in [1.29, 1.82) is 0 Å². The van der Waals surface area contributed by atoms with E-state index in [2.05, 4.69) is 13.8 Å². The van der Waals surface area contributed by atoms with E-state index < -0.39 is 0 Å². The molecule has 4 bridgehead atoms. The van der Waals surface area contributed by atoms with Crippen LogP contribution in [0.5, 0.6) is 0 Å². The van der Waals surface area contributed by atoms with Gasteiger partial charge in [-0.05, 0) is 73.0 Å². The standard InChI is InChI=1S/C20H28O4.C2H6.2CH4/c1-9-10(2)14-7-13(9)18-11-5-15(19(14)18)16(6-11)20(22)23-8-12-3-4-17(21)24-12;1-2;;/h9-16,18-19H,3-8H2,1-2H3;1-2H3;2*1H4. The van der Waals surface area contributed by atoms with Crippen molar-refractivity contribution in [2.75, 3.05) is 6.61 Å². The summed E-state index contributed by atoms with van der Waals surface area (Å²) in [7, 11) is 0. The molecule has 0 aromatic rings. The van der Waals surface area contributed by atoms with Gasteiger partial charge in [-0.15, -0.1) is 0 Å². The van der Waals surface area contributed by atoms with Crippen molar-refractivity contribution < 1.29 is 19.1 Å². The third-order valence-electron chi connectivity index (χ3n) is 8.53. The highest BCUT2D eigenvalue weighted by Gasteiger charge is 2.66.